The van der Waals surface area contributed by atoms with E-state index in [4.69, 9.17) is 38.0 Å². The summed E-state index contributed by atoms with van der Waals surface area (Å²) in [6.07, 6.45) is 6.85. The van der Waals surface area contributed by atoms with Gasteiger partial charge >= 0.3 is 12.2 Å². The lowest BCUT2D eigenvalue weighted by Gasteiger charge is -2.59. The number of rotatable bonds is 23. The summed E-state index contributed by atoms with van der Waals surface area (Å²) in [5.41, 5.74) is 2.62. The molecule has 0 unspecified atom stereocenters. The van der Waals surface area contributed by atoms with E-state index in [0.29, 0.717) is 54.5 Å². The number of oxime groups is 1. The summed E-state index contributed by atoms with van der Waals surface area (Å²) in [4.78, 5) is 34.6. The molecule has 5 rings (SSSR count). The number of fused-ring (bicyclic) bond motifs is 2. The van der Waals surface area contributed by atoms with Crippen molar-refractivity contribution in [2.24, 2.45) is 22.9 Å². The number of allylic oxidation sites excluding steroid dienone is 1. The van der Waals surface area contributed by atoms with Crippen LogP contribution < -0.4 is 24.3 Å². The van der Waals surface area contributed by atoms with E-state index < -0.39 is 29.9 Å². The molecule has 60 heavy (non-hydrogen) atoms. The van der Waals surface area contributed by atoms with Crippen LogP contribution in [0, 0.1) is 17.8 Å². The zero-order chi connectivity index (χ0) is 43.1. The fourth-order valence-electron chi connectivity index (χ4n) is 8.82. The molecule has 0 saturated heterocycles. The lowest BCUT2D eigenvalue weighted by Crippen LogP contribution is -2.70. The number of aliphatic hydroxyl groups is 3. The largest absolute Gasteiger partial charge is 0.497 e. The Morgan fingerprint density at radius 3 is 2.43 bits per heavy atom. The Morgan fingerprint density at radius 1 is 0.983 bits per heavy atom. The van der Waals surface area contributed by atoms with Crippen LogP contribution in [0.1, 0.15) is 63.4 Å². The van der Waals surface area contributed by atoms with Crippen molar-refractivity contribution < 1.29 is 62.9 Å². The van der Waals surface area contributed by atoms with Crippen LogP contribution in [0.15, 0.2) is 65.9 Å². The molecule has 1 aliphatic heterocycles. The summed E-state index contributed by atoms with van der Waals surface area (Å²) in [7, 11) is 4.34. The van der Waals surface area contributed by atoms with E-state index in [-0.39, 0.29) is 76.1 Å². The zero-order valence-corrected chi connectivity index (χ0v) is 35.1. The van der Waals surface area contributed by atoms with Gasteiger partial charge in [0.2, 0.25) is 5.79 Å². The first-order chi connectivity index (χ1) is 29.2. The minimum atomic E-state index is -1.52. The number of nitrogens with one attached hydrogen (secondary N) is 1. The predicted molar refractivity (Wildman–Crippen MR) is 223 cm³/mol. The number of amides is 2. The van der Waals surface area contributed by atoms with Crippen molar-refractivity contribution in [2.45, 2.75) is 69.6 Å². The number of anilines is 1. The standard InChI is InChI=1S/C44H61N3O13/c1-6-22-57-44-39(47(43(52)55-5)18-23-56-24-21-50)28-36(46-58-7-2)33-25-29(12-8-10-19-48)32(13-9-11-20-49)40(41(33)44)34-26-31(15-17-37(34)60-44)59-42(51)45-35-16-14-30(53-3)27-38(35)54-4/h6,14-17,25-27,29,32,39-41,48-50H,1,7-13,18-24,28H2,2-5H3,(H,45,51)/t29-,32+,39-,40+,41+,44+/m0/s1. The molecule has 0 radical (unpaired) electrons. The molecule has 1 heterocycles. The van der Waals surface area contributed by atoms with Gasteiger partial charge in [0.1, 0.15) is 35.6 Å². The predicted octanol–water partition coefficient (Wildman–Crippen LogP) is 6.05. The van der Waals surface area contributed by atoms with Crippen molar-refractivity contribution in [3.63, 3.8) is 0 Å². The third-order valence-electron chi connectivity index (χ3n) is 11.3. The smallest absolute Gasteiger partial charge is 0.417 e. The Hall–Kier alpha value is -4.87. The maximum atomic E-state index is 13.8. The normalized spacial score (nSPS) is 23.3. The van der Waals surface area contributed by atoms with Gasteiger partial charge in [0, 0.05) is 43.7 Å². The molecule has 6 atom stereocenters. The van der Waals surface area contributed by atoms with Crippen LogP contribution in [0.4, 0.5) is 15.3 Å². The lowest BCUT2D eigenvalue weighted by molar-refractivity contribution is -0.255. The number of hydrogen-bond acceptors (Lipinski definition) is 14. The van der Waals surface area contributed by atoms with Crippen LogP contribution in [0.2, 0.25) is 0 Å². The highest BCUT2D eigenvalue weighted by Gasteiger charge is 2.65. The average molecular weight is 840 g/mol. The average Bonchev–Trinajstić information content (AvgIpc) is 3.26. The number of aliphatic hydroxyl groups excluding tert-OH is 3. The molecule has 1 fully saturated rings. The van der Waals surface area contributed by atoms with Crippen LogP contribution in [-0.2, 0) is 19.0 Å². The molecule has 16 nitrogen and oxygen atoms in total. The highest BCUT2D eigenvalue weighted by Crippen LogP contribution is 2.62. The molecular formula is C44H61N3O13. The molecule has 2 aromatic carbocycles. The second kappa shape index (κ2) is 22.7. The van der Waals surface area contributed by atoms with Crippen LogP contribution >= 0.6 is 0 Å². The first-order valence-electron chi connectivity index (χ1n) is 20.7. The zero-order valence-electron chi connectivity index (χ0n) is 35.1. The number of hydrogen-bond donors (Lipinski definition) is 4. The van der Waals surface area contributed by atoms with E-state index in [0.717, 1.165) is 30.4 Å². The summed E-state index contributed by atoms with van der Waals surface area (Å²) in [5.74, 6) is -0.849. The number of carbonyl (C=O) groups is 2. The van der Waals surface area contributed by atoms with Crippen molar-refractivity contribution >= 4 is 23.6 Å². The number of carbonyl (C=O) groups excluding carboxylic acids is 2. The number of unbranched alkanes of at least 4 members (excludes halogenated alkanes) is 2. The summed E-state index contributed by atoms with van der Waals surface area (Å²) in [6.45, 7) is 6.34. The van der Waals surface area contributed by atoms with Crippen molar-refractivity contribution in [3.8, 4) is 23.0 Å². The third-order valence-corrected chi connectivity index (χ3v) is 11.3. The van der Waals surface area contributed by atoms with Gasteiger partial charge in [-0.05, 0) is 80.3 Å². The first-order valence-corrected chi connectivity index (χ1v) is 20.7. The van der Waals surface area contributed by atoms with E-state index in [1.54, 1.807) is 36.4 Å². The van der Waals surface area contributed by atoms with Gasteiger partial charge in [-0.25, -0.2) is 9.59 Å². The number of ether oxygens (including phenoxy) is 7. The van der Waals surface area contributed by atoms with Gasteiger partial charge in [-0.3, -0.25) is 10.2 Å². The van der Waals surface area contributed by atoms with E-state index in [9.17, 15) is 24.9 Å². The molecule has 2 aromatic rings. The van der Waals surface area contributed by atoms with E-state index in [1.165, 1.54) is 26.2 Å². The Bertz CT molecular complexity index is 1800. The van der Waals surface area contributed by atoms with Crippen molar-refractivity contribution in [1.82, 2.24) is 4.90 Å². The summed E-state index contributed by atoms with van der Waals surface area (Å²) in [5, 5.41) is 36.5. The Morgan fingerprint density at radius 2 is 1.75 bits per heavy atom. The number of benzene rings is 2. The molecule has 0 aromatic heterocycles. The summed E-state index contributed by atoms with van der Waals surface area (Å²) < 4.78 is 41.8. The van der Waals surface area contributed by atoms with Gasteiger partial charge < -0.3 is 53.3 Å². The van der Waals surface area contributed by atoms with Crippen molar-refractivity contribution in [1.29, 1.82) is 0 Å². The van der Waals surface area contributed by atoms with Gasteiger partial charge in [0.25, 0.3) is 0 Å². The molecule has 0 bridgehead atoms. The quantitative estimate of drug-likeness (QED) is 0.0575. The molecule has 16 heteroatoms. The van der Waals surface area contributed by atoms with E-state index >= 15 is 0 Å². The van der Waals surface area contributed by atoms with E-state index in [2.05, 4.69) is 23.1 Å². The number of nitrogens with zero attached hydrogens (tertiary/aromatic N) is 2. The minimum absolute atomic E-state index is 0.00285. The molecule has 330 valence electrons. The summed E-state index contributed by atoms with van der Waals surface area (Å²) >= 11 is 0. The van der Waals surface area contributed by atoms with Crippen LogP contribution in [0.25, 0.3) is 0 Å². The molecule has 2 aliphatic carbocycles. The van der Waals surface area contributed by atoms with Gasteiger partial charge in [0.05, 0.1) is 65.1 Å². The highest BCUT2D eigenvalue weighted by molar-refractivity contribution is 6.03. The van der Waals surface area contributed by atoms with Crippen molar-refractivity contribution in [3.05, 3.63) is 66.3 Å². The Kier molecular flexibility index (Phi) is 17.4. The molecule has 3 aliphatic rings. The maximum absolute atomic E-state index is 13.8. The van der Waals surface area contributed by atoms with Gasteiger partial charge in [-0.1, -0.05) is 30.1 Å². The third kappa shape index (κ3) is 10.5. The fourth-order valence-corrected chi connectivity index (χ4v) is 8.82. The maximum Gasteiger partial charge on any atom is 0.417 e. The second-order valence-corrected chi connectivity index (χ2v) is 14.8. The molecule has 2 amide bonds. The van der Waals surface area contributed by atoms with Crippen LogP contribution in [-0.4, -0.2) is 124 Å². The minimum Gasteiger partial charge on any atom is -0.497 e. The van der Waals surface area contributed by atoms with Crippen LogP contribution in [0.3, 0.4) is 0 Å². The lowest BCUT2D eigenvalue weighted by atomic mass is 9.55. The van der Waals surface area contributed by atoms with Gasteiger partial charge in [-0.2, -0.15) is 0 Å². The fraction of sp³-hybridized carbons (Fsp3) is 0.568. The molecule has 4 N–H and O–H groups in total. The van der Waals surface area contributed by atoms with Crippen molar-refractivity contribution in [2.75, 3.05) is 79.4 Å². The van der Waals surface area contributed by atoms with E-state index in [1.807, 2.05) is 13.0 Å². The van der Waals surface area contributed by atoms with Gasteiger partial charge in [0.15, 0.2) is 0 Å². The molecule has 1 saturated carbocycles. The molecular weight excluding hydrogens is 778 g/mol. The summed E-state index contributed by atoms with van der Waals surface area (Å²) in [6, 6.07) is 9.38. The Labute approximate surface area is 352 Å². The highest BCUT2D eigenvalue weighted by atomic mass is 16.7. The number of methoxy groups -OCH3 is 3. The monoisotopic (exact) mass is 839 g/mol. The molecule has 0 spiro atoms. The van der Waals surface area contributed by atoms with Crippen LogP contribution in [0.5, 0.6) is 23.0 Å². The second-order valence-electron chi connectivity index (χ2n) is 14.8. The first kappa shape index (κ1) is 46.2. The SMILES string of the molecule is C=CCO[C@@]12Oc3ccc(OC(=O)Nc4ccc(OC)cc4OC)cc3[C@H]3[C@H](CCCCO)[C@@H](CCCCO)C=C(C(=NOCC)C[C@@H]1N(CCOCCO)C(=O)OC)[C@H]32. The van der Waals surface area contributed by atoms with Gasteiger partial charge in [-0.15, -0.1) is 6.58 Å². The topological polar surface area (TPSA) is 196 Å². The Balaban J connectivity index is 1.70.